The Labute approximate surface area is 187 Å². The summed E-state index contributed by atoms with van der Waals surface area (Å²) in [6, 6.07) is 14.2. The van der Waals surface area contributed by atoms with Crippen LogP contribution in [0.2, 0.25) is 0 Å². The lowest BCUT2D eigenvalue weighted by Gasteiger charge is -2.32. The molecule has 2 aromatic carbocycles. The lowest BCUT2D eigenvalue weighted by Crippen LogP contribution is -2.44. The minimum absolute atomic E-state index is 0.125. The molecule has 0 saturated carbocycles. The quantitative estimate of drug-likeness (QED) is 0.715. The van der Waals surface area contributed by atoms with Crippen LogP contribution in [0, 0.1) is 0 Å². The third-order valence-corrected chi connectivity index (χ3v) is 8.09. The van der Waals surface area contributed by atoms with Gasteiger partial charge in [-0.2, -0.15) is 4.31 Å². The van der Waals surface area contributed by atoms with E-state index in [4.69, 9.17) is 14.2 Å². The summed E-state index contributed by atoms with van der Waals surface area (Å²) >= 11 is 0. The maximum absolute atomic E-state index is 13.5. The highest BCUT2D eigenvalue weighted by atomic mass is 32.2. The van der Waals surface area contributed by atoms with Crippen LogP contribution in [0.4, 0.5) is 5.69 Å². The van der Waals surface area contributed by atoms with Crippen molar-refractivity contribution in [3.63, 3.8) is 0 Å². The van der Waals surface area contributed by atoms with Crippen LogP contribution in [0.1, 0.15) is 30.4 Å². The van der Waals surface area contributed by atoms with Gasteiger partial charge in [0, 0.05) is 18.2 Å². The number of benzene rings is 2. The zero-order chi connectivity index (χ0) is 22.2. The molecule has 0 bridgehead atoms. The number of rotatable bonds is 6. The Kier molecular flexibility index (Phi) is 5.77. The van der Waals surface area contributed by atoms with Crippen molar-refractivity contribution in [1.29, 1.82) is 0 Å². The van der Waals surface area contributed by atoms with Gasteiger partial charge in [-0.25, -0.2) is 8.42 Å². The molecule has 2 fully saturated rings. The molecule has 1 amide bonds. The molecule has 0 aromatic heterocycles. The molecule has 170 valence electrons. The van der Waals surface area contributed by atoms with Gasteiger partial charge in [0.25, 0.3) is 11.7 Å². The Morgan fingerprint density at radius 3 is 2.66 bits per heavy atom. The Bertz CT molecular complexity index is 1100. The van der Waals surface area contributed by atoms with Crippen LogP contribution in [0.5, 0.6) is 0 Å². The molecule has 3 heterocycles. The van der Waals surface area contributed by atoms with E-state index in [1.165, 1.54) is 16.4 Å². The van der Waals surface area contributed by atoms with Gasteiger partial charge < -0.3 is 19.5 Å². The number of sulfonamides is 1. The van der Waals surface area contributed by atoms with Gasteiger partial charge in [0.05, 0.1) is 37.0 Å². The van der Waals surface area contributed by atoms with E-state index in [0.717, 1.165) is 18.4 Å². The molecule has 1 atom stereocenters. The predicted octanol–water partition coefficient (Wildman–Crippen LogP) is 2.60. The molecule has 5 rings (SSSR count). The molecule has 3 aliphatic heterocycles. The molecule has 32 heavy (non-hydrogen) atoms. The summed E-state index contributed by atoms with van der Waals surface area (Å²) in [7, 11) is -3.77. The second kappa shape index (κ2) is 8.57. The first-order valence-electron chi connectivity index (χ1n) is 10.9. The van der Waals surface area contributed by atoms with Gasteiger partial charge in [-0.3, -0.25) is 4.79 Å². The molecule has 2 saturated heterocycles. The van der Waals surface area contributed by atoms with E-state index in [1.54, 1.807) is 6.07 Å². The van der Waals surface area contributed by atoms with Crippen LogP contribution in [0.25, 0.3) is 0 Å². The summed E-state index contributed by atoms with van der Waals surface area (Å²) in [4.78, 5) is 12.7. The van der Waals surface area contributed by atoms with Gasteiger partial charge in [0.2, 0.25) is 10.0 Å². The molecule has 0 radical (unpaired) electrons. The number of ether oxygens (including phenoxy) is 3. The number of hydrogen-bond donors (Lipinski definition) is 1. The average molecular weight is 459 g/mol. The van der Waals surface area contributed by atoms with Crippen molar-refractivity contribution in [2.75, 3.05) is 31.7 Å². The minimum Gasteiger partial charge on any atom is -0.375 e. The van der Waals surface area contributed by atoms with Crippen molar-refractivity contribution in [2.45, 2.75) is 42.6 Å². The van der Waals surface area contributed by atoms with Gasteiger partial charge >= 0.3 is 0 Å². The van der Waals surface area contributed by atoms with E-state index < -0.39 is 21.7 Å². The van der Waals surface area contributed by atoms with Crippen molar-refractivity contribution in [1.82, 2.24) is 4.31 Å². The minimum atomic E-state index is -3.77. The summed E-state index contributed by atoms with van der Waals surface area (Å²) in [6.07, 6.45) is 2.20. The first-order valence-corrected chi connectivity index (χ1v) is 12.3. The number of nitrogens with one attached hydrogen (secondary N) is 1. The summed E-state index contributed by atoms with van der Waals surface area (Å²) in [5.41, 5.74) is 1.98. The van der Waals surface area contributed by atoms with Gasteiger partial charge in [-0.15, -0.1) is 0 Å². The number of amides is 1. The topological polar surface area (TPSA) is 94.2 Å². The van der Waals surface area contributed by atoms with Crippen molar-refractivity contribution < 1.29 is 27.4 Å². The lowest BCUT2D eigenvalue weighted by atomic mass is 10.1. The largest absolute Gasteiger partial charge is 0.375 e. The molecule has 1 N–H and O–H groups in total. The second-order valence-electron chi connectivity index (χ2n) is 8.24. The first-order chi connectivity index (χ1) is 15.5. The van der Waals surface area contributed by atoms with Crippen molar-refractivity contribution >= 4 is 21.6 Å². The molecule has 0 aliphatic carbocycles. The van der Waals surface area contributed by atoms with Crippen LogP contribution in [0.3, 0.4) is 0 Å². The smallest absolute Gasteiger partial charge is 0.289 e. The summed E-state index contributed by atoms with van der Waals surface area (Å²) in [5, 5.41) is 2.74. The molecule has 8 nitrogen and oxygen atoms in total. The SMILES string of the molecule is O=C1Nc2ccc(S(=O)(=O)N3CCC[C@H]3COCc3ccccc3)cc2C12OCCCO2. The number of nitrogens with zero attached hydrogens (tertiary/aromatic N) is 1. The number of hydrogen-bond acceptors (Lipinski definition) is 6. The standard InChI is InChI=1S/C23H26N2O6S/c26-22-23(30-12-5-13-31-23)20-14-19(9-10-21(20)24-22)32(27,28)25-11-4-8-18(25)16-29-15-17-6-2-1-3-7-17/h1-3,6-7,9-10,14,18H,4-5,8,11-13,15-16H2,(H,24,26)/t18-/m0/s1. The second-order valence-corrected chi connectivity index (χ2v) is 10.1. The van der Waals surface area contributed by atoms with E-state index in [1.807, 2.05) is 30.3 Å². The third kappa shape index (κ3) is 3.74. The molecule has 2 aromatic rings. The molecular formula is C23H26N2O6S. The Hall–Kier alpha value is -2.30. The maximum Gasteiger partial charge on any atom is 0.289 e. The number of fused-ring (bicyclic) bond motifs is 2. The highest BCUT2D eigenvalue weighted by Gasteiger charge is 2.51. The number of carbonyl (C=O) groups is 1. The highest BCUT2D eigenvalue weighted by Crippen LogP contribution is 2.43. The summed E-state index contributed by atoms with van der Waals surface area (Å²) in [5.74, 6) is -1.99. The predicted molar refractivity (Wildman–Crippen MR) is 116 cm³/mol. The molecule has 1 spiro atoms. The molecule has 3 aliphatic rings. The van der Waals surface area contributed by atoms with E-state index in [0.29, 0.717) is 50.6 Å². The normalized spacial score (nSPS) is 22.8. The highest BCUT2D eigenvalue weighted by molar-refractivity contribution is 7.89. The fraction of sp³-hybridized carbons (Fsp3) is 0.435. The average Bonchev–Trinajstić information content (AvgIpc) is 3.39. The van der Waals surface area contributed by atoms with Gasteiger partial charge in [-0.1, -0.05) is 30.3 Å². The number of anilines is 1. The Morgan fingerprint density at radius 2 is 1.88 bits per heavy atom. The third-order valence-electron chi connectivity index (χ3n) is 6.14. The Morgan fingerprint density at radius 1 is 1.09 bits per heavy atom. The summed E-state index contributed by atoms with van der Waals surface area (Å²) in [6.45, 7) is 1.95. The Balaban J connectivity index is 1.36. The van der Waals surface area contributed by atoms with Crippen molar-refractivity contribution in [2.24, 2.45) is 0 Å². The zero-order valence-corrected chi connectivity index (χ0v) is 18.5. The van der Waals surface area contributed by atoms with Crippen LogP contribution < -0.4 is 5.32 Å². The van der Waals surface area contributed by atoms with Crippen LogP contribution in [0.15, 0.2) is 53.4 Å². The maximum atomic E-state index is 13.5. The summed E-state index contributed by atoms with van der Waals surface area (Å²) < 4.78 is 45.8. The number of carbonyl (C=O) groups excluding carboxylic acids is 1. The molecular weight excluding hydrogens is 432 g/mol. The van der Waals surface area contributed by atoms with E-state index in [2.05, 4.69) is 5.32 Å². The van der Waals surface area contributed by atoms with Crippen LogP contribution in [-0.2, 0) is 41.4 Å². The lowest BCUT2D eigenvalue weighted by molar-refractivity contribution is -0.255. The molecule has 0 unspecified atom stereocenters. The fourth-order valence-corrected chi connectivity index (χ4v) is 6.23. The van der Waals surface area contributed by atoms with Gasteiger partial charge in [0.1, 0.15) is 0 Å². The van der Waals surface area contributed by atoms with E-state index in [9.17, 15) is 13.2 Å². The first kappa shape index (κ1) is 21.5. The van der Waals surface area contributed by atoms with Gasteiger partial charge in [-0.05, 0) is 43.0 Å². The van der Waals surface area contributed by atoms with E-state index >= 15 is 0 Å². The zero-order valence-electron chi connectivity index (χ0n) is 17.7. The van der Waals surface area contributed by atoms with Crippen molar-refractivity contribution in [3.8, 4) is 0 Å². The fourth-order valence-electron chi connectivity index (χ4n) is 4.53. The van der Waals surface area contributed by atoms with Gasteiger partial charge in [0.15, 0.2) is 0 Å². The van der Waals surface area contributed by atoms with Crippen LogP contribution in [-0.4, -0.2) is 51.0 Å². The van der Waals surface area contributed by atoms with Crippen LogP contribution >= 0.6 is 0 Å². The monoisotopic (exact) mass is 458 g/mol. The van der Waals surface area contributed by atoms with Crippen molar-refractivity contribution in [3.05, 3.63) is 59.7 Å². The molecule has 9 heteroatoms. The van der Waals surface area contributed by atoms with E-state index in [-0.39, 0.29) is 10.9 Å².